The number of hydrogen-bond acceptors (Lipinski definition) is 6. The lowest BCUT2D eigenvalue weighted by atomic mass is 10.2. The molecule has 8 heteroatoms. The van der Waals surface area contributed by atoms with Crippen LogP contribution in [0.3, 0.4) is 0 Å². The van der Waals surface area contributed by atoms with Crippen molar-refractivity contribution in [1.82, 2.24) is 9.71 Å². The van der Waals surface area contributed by atoms with Crippen LogP contribution in [-0.4, -0.2) is 42.9 Å². The molecule has 0 radical (unpaired) electrons. The molecule has 0 unspecified atom stereocenters. The second-order valence-electron chi connectivity index (χ2n) is 5.07. The molecule has 0 aliphatic rings. The van der Waals surface area contributed by atoms with E-state index in [2.05, 4.69) is 4.98 Å². The zero-order valence-electron chi connectivity index (χ0n) is 12.8. The summed E-state index contributed by atoms with van der Waals surface area (Å²) in [6, 6.07) is 2.88. The number of aliphatic hydroxyl groups is 1. The Balaban J connectivity index is 2.44. The van der Waals surface area contributed by atoms with Crippen molar-refractivity contribution in [2.45, 2.75) is 39.4 Å². The molecule has 1 rings (SSSR count). The Bertz CT molecular complexity index is 569. The highest BCUT2D eigenvalue weighted by Crippen LogP contribution is 2.03. The second-order valence-corrected chi connectivity index (χ2v) is 6.91. The van der Waals surface area contributed by atoms with E-state index in [1.807, 2.05) is 18.6 Å². The number of aromatic nitrogens is 1. The maximum Gasteiger partial charge on any atom is 0.266 e. The summed E-state index contributed by atoms with van der Waals surface area (Å²) in [6.07, 6.45) is 2.37. The number of ether oxygens (including phenoxy) is 1. The minimum absolute atomic E-state index is 0.116. The van der Waals surface area contributed by atoms with Crippen LogP contribution in [0.25, 0.3) is 0 Å². The number of hydrogen-bond donors (Lipinski definition) is 2. The number of rotatable bonds is 9. The number of unbranched alkanes of at least 4 members (excludes halogenated alkanes) is 1. The topological polar surface area (TPSA) is 106 Å². The van der Waals surface area contributed by atoms with Crippen LogP contribution in [0.5, 0.6) is 0 Å². The van der Waals surface area contributed by atoms with Crippen LogP contribution in [0, 0.1) is 0 Å². The average Bonchev–Trinajstić information content (AvgIpc) is 2.46. The number of carbonyl (C=O) groups is 1. The zero-order chi connectivity index (χ0) is 16.6. The Kier molecular flexibility index (Phi) is 7.43. The quantitative estimate of drug-likeness (QED) is 0.650. The Labute approximate surface area is 130 Å². The number of sulfonamides is 1. The monoisotopic (exact) mass is 330 g/mol. The molecular formula is C14H22N2O5S. The van der Waals surface area contributed by atoms with Gasteiger partial charge in [-0.05, 0) is 38.8 Å². The molecule has 124 valence electrons. The molecule has 2 N–H and O–H groups in total. The van der Waals surface area contributed by atoms with Crippen molar-refractivity contribution >= 4 is 15.9 Å². The van der Waals surface area contributed by atoms with Crippen LogP contribution in [0.1, 0.15) is 42.7 Å². The van der Waals surface area contributed by atoms with E-state index in [1.165, 1.54) is 18.3 Å². The highest BCUT2D eigenvalue weighted by Gasteiger charge is 2.16. The first-order valence-corrected chi connectivity index (χ1v) is 8.71. The molecule has 1 amide bonds. The van der Waals surface area contributed by atoms with E-state index in [4.69, 9.17) is 9.84 Å². The summed E-state index contributed by atoms with van der Waals surface area (Å²) >= 11 is 0. The van der Waals surface area contributed by atoms with Crippen LogP contribution in [0.4, 0.5) is 0 Å². The minimum atomic E-state index is -3.68. The maximum atomic E-state index is 11.8. The lowest BCUT2D eigenvalue weighted by Crippen LogP contribution is -2.32. The standard InChI is InChI=1S/C14H22N2O5S/c1-11(2)21-7-3-4-8-22(19,20)16-14(18)12-5-6-13(10-17)15-9-12/h5-6,9,11,17H,3-4,7-8,10H2,1-2H3,(H,16,18). The van der Waals surface area contributed by atoms with Gasteiger partial charge in [-0.3, -0.25) is 9.78 Å². The van der Waals surface area contributed by atoms with Gasteiger partial charge in [0.2, 0.25) is 10.0 Å². The van der Waals surface area contributed by atoms with Crippen molar-refractivity contribution < 1.29 is 23.1 Å². The molecule has 1 heterocycles. The van der Waals surface area contributed by atoms with Gasteiger partial charge >= 0.3 is 0 Å². The molecule has 1 aromatic heterocycles. The van der Waals surface area contributed by atoms with Gasteiger partial charge in [0.25, 0.3) is 5.91 Å². The van der Waals surface area contributed by atoms with Gasteiger partial charge in [-0.2, -0.15) is 0 Å². The zero-order valence-corrected chi connectivity index (χ0v) is 13.6. The van der Waals surface area contributed by atoms with Gasteiger partial charge in [-0.1, -0.05) is 0 Å². The first-order chi connectivity index (χ1) is 10.3. The summed E-state index contributed by atoms with van der Waals surface area (Å²) < 4.78 is 30.9. The van der Waals surface area contributed by atoms with E-state index in [0.717, 1.165) is 0 Å². The number of pyridine rings is 1. The number of amides is 1. The van der Waals surface area contributed by atoms with Gasteiger partial charge < -0.3 is 9.84 Å². The van der Waals surface area contributed by atoms with Gasteiger partial charge in [0.1, 0.15) is 0 Å². The fraction of sp³-hybridized carbons (Fsp3) is 0.571. The summed E-state index contributed by atoms with van der Waals surface area (Å²) in [5, 5.41) is 8.86. The summed E-state index contributed by atoms with van der Waals surface area (Å²) in [4.78, 5) is 15.6. The Hall–Kier alpha value is -1.51. The van der Waals surface area contributed by atoms with Crippen molar-refractivity contribution in [2.75, 3.05) is 12.4 Å². The first-order valence-electron chi connectivity index (χ1n) is 7.06. The second kappa shape index (κ2) is 8.82. The summed E-state index contributed by atoms with van der Waals surface area (Å²) in [7, 11) is -3.68. The molecule has 0 fully saturated rings. The largest absolute Gasteiger partial charge is 0.390 e. The fourth-order valence-corrected chi connectivity index (χ4v) is 2.70. The lowest BCUT2D eigenvalue weighted by molar-refractivity contribution is 0.0768. The molecule has 0 bridgehead atoms. The van der Waals surface area contributed by atoms with Crippen molar-refractivity contribution in [1.29, 1.82) is 0 Å². The van der Waals surface area contributed by atoms with Gasteiger partial charge in [-0.15, -0.1) is 0 Å². The van der Waals surface area contributed by atoms with Gasteiger partial charge in [0.05, 0.1) is 29.7 Å². The summed E-state index contributed by atoms with van der Waals surface area (Å²) in [6.45, 7) is 4.08. The van der Waals surface area contributed by atoms with Gasteiger partial charge in [0, 0.05) is 12.8 Å². The highest BCUT2D eigenvalue weighted by molar-refractivity contribution is 7.90. The molecule has 0 aliphatic carbocycles. The van der Waals surface area contributed by atoms with Crippen LogP contribution in [-0.2, 0) is 21.4 Å². The molecule has 0 aromatic carbocycles. The van der Waals surface area contributed by atoms with E-state index >= 15 is 0 Å². The van der Waals surface area contributed by atoms with Gasteiger partial charge in [-0.25, -0.2) is 13.1 Å². The Morgan fingerprint density at radius 3 is 2.64 bits per heavy atom. The van der Waals surface area contributed by atoms with Crippen molar-refractivity contribution in [3.8, 4) is 0 Å². The molecule has 0 spiro atoms. The van der Waals surface area contributed by atoms with Gasteiger partial charge in [0.15, 0.2) is 0 Å². The Morgan fingerprint density at radius 1 is 1.36 bits per heavy atom. The van der Waals surface area contributed by atoms with E-state index < -0.39 is 15.9 Å². The summed E-state index contributed by atoms with van der Waals surface area (Å²) in [5.74, 6) is -0.863. The third-order valence-corrected chi connectivity index (χ3v) is 4.08. The number of aliphatic hydroxyl groups excluding tert-OH is 1. The van der Waals surface area contributed by atoms with Crippen LogP contribution in [0.15, 0.2) is 18.3 Å². The molecule has 0 aliphatic heterocycles. The van der Waals surface area contributed by atoms with Crippen LogP contribution < -0.4 is 4.72 Å². The van der Waals surface area contributed by atoms with E-state index in [-0.39, 0.29) is 24.0 Å². The van der Waals surface area contributed by atoms with E-state index in [1.54, 1.807) is 0 Å². The molecule has 0 saturated carbocycles. The molecule has 1 aromatic rings. The predicted molar refractivity (Wildman–Crippen MR) is 81.7 cm³/mol. The highest BCUT2D eigenvalue weighted by atomic mass is 32.2. The van der Waals surface area contributed by atoms with E-state index in [9.17, 15) is 13.2 Å². The number of nitrogens with zero attached hydrogens (tertiary/aromatic N) is 1. The minimum Gasteiger partial charge on any atom is -0.390 e. The number of nitrogens with one attached hydrogen (secondary N) is 1. The predicted octanol–water partition coefficient (Wildman–Crippen LogP) is 0.839. The molecule has 7 nitrogen and oxygen atoms in total. The Morgan fingerprint density at radius 2 is 2.09 bits per heavy atom. The van der Waals surface area contributed by atoms with Crippen LogP contribution >= 0.6 is 0 Å². The maximum absolute atomic E-state index is 11.8. The molecule has 0 saturated heterocycles. The van der Waals surface area contributed by atoms with Crippen LogP contribution in [0.2, 0.25) is 0 Å². The smallest absolute Gasteiger partial charge is 0.266 e. The third-order valence-electron chi connectivity index (χ3n) is 2.76. The third kappa shape index (κ3) is 6.97. The molecular weight excluding hydrogens is 308 g/mol. The van der Waals surface area contributed by atoms with Crippen molar-refractivity contribution in [3.05, 3.63) is 29.6 Å². The van der Waals surface area contributed by atoms with Crippen molar-refractivity contribution in [3.63, 3.8) is 0 Å². The molecule has 22 heavy (non-hydrogen) atoms. The van der Waals surface area contributed by atoms with E-state index in [0.29, 0.717) is 25.1 Å². The normalized spacial score (nSPS) is 11.6. The van der Waals surface area contributed by atoms with Crippen molar-refractivity contribution in [2.24, 2.45) is 0 Å². The number of carbonyl (C=O) groups excluding carboxylic acids is 1. The average molecular weight is 330 g/mol. The SMILES string of the molecule is CC(C)OCCCCS(=O)(=O)NC(=O)c1ccc(CO)nc1. The molecule has 0 atom stereocenters. The fourth-order valence-electron chi connectivity index (χ4n) is 1.62. The lowest BCUT2D eigenvalue weighted by Gasteiger charge is -2.08. The first kappa shape index (κ1) is 18.5. The summed E-state index contributed by atoms with van der Waals surface area (Å²) in [5.41, 5.74) is 0.536.